The first-order chi connectivity index (χ1) is 10.1. The zero-order valence-corrected chi connectivity index (χ0v) is 12.9. The molecule has 2 aromatic carbocycles. The van der Waals surface area contributed by atoms with Gasteiger partial charge in [-0.05, 0) is 30.3 Å². The van der Waals surface area contributed by atoms with Gasteiger partial charge in [0.1, 0.15) is 0 Å². The Morgan fingerprint density at radius 2 is 1.62 bits per heavy atom. The van der Waals surface area contributed by atoms with Crippen molar-refractivity contribution in [3.63, 3.8) is 0 Å². The molecule has 0 unspecified atom stereocenters. The van der Waals surface area contributed by atoms with Crippen molar-refractivity contribution >= 4 is 38.4 Å². The lowest BCUT2D eigenvalue weighted by Crippen LogP contribution is -2.14. The highest BCUT2D eigenvalue weighted by atomic mass is 79.9. The third-order valence-electron chi connectivity index (χ3n) is 3.45. The van der Waals surface area contributed by atoms with Crippen molar-refractivity contribution in [3.8, 4) is 0 Å². The Hall–Kier alpha value is -2.20. The first-order valence-corrected chi connectivity index (χ1v) is 7.26. The summed E-state index contributed by atoms with van der Waals surface area (Å²) in [4.78, 5) is 24.8. The summed E-state index contributed by atoms with van der Waals surface area (Å²) in [5, 5.41) is 0.801. The molecule has 0 atom stereocenters. The fourth-order valence-electron chi connectivity index (χ4n) is 2.38. The van der Waals surface area contributed by atoms with Gasteiger partial charge >= 0.3 is 0 Å². The molecule has 104 valence electrons. The standard InChI is InChI=1S/C17H12BrNO2/c1-19-10-14(13-4-2-3-5-15(13)19)17(21)16(20)11-6-8-12(18)9-7-11/h2-10H,1H3. The van der Waals surface area contributed by atoms with Gasteiger partial charge in [0.05, 0.1) is 5.56 Å². The van der Waals surface area contributed by atoms with Crippen LogP contribution in [0.1, 0.15) is 20.7 Å². The minimum atomic E-state index is -0.487. The molecule has 0 amide bonds. The van der Waals surface area contributed by atoms with Crippen LogP contribution in [0.15, 0.2) is 59.2 Å². The van der Waals surface area contributed by atoms with E-state index < -0.39 is 11.6 Å². The smallest absolute Gasteiger partial charge is 0.235 e. The second-order valence-electron chi connectivity index (χ2n) is 4.84. The largest absolute Gasteiger partial charge is 0.350 e. The van der Waals surface area contributed by atoms with Crippen molar-refractivity contribution in [1.82, 2.24) is 4.57 Å². The number of aromatic nitrogens is 1. The van der Waals surface area contributed by atoms with Gasteiger partial charge < -0.3 is 4.57 Å². The summed E-state index contributed by atoms with van der Waals surface area (Å²) in [7, 11) is 1.86. The van der Waals surface area contributed by atoms with Crippen LogP contribution in [0.2, 0.25) is 0 Å². The first kappa shape index (κ1) is 13.8. The topological polar surface area (TPSA) is 39.1 Å². The van der Waals surface area contributed by atoms with E-state index in [0.717, 1.165) is 15.4 Å². The fourth-order valence-corrected chi connectivity index (χ4v) is 2.64. The Bertz CT molecular complexity index is 847. The van der Waals surface area contributed by atoms with Gasteiger partial charge in [-0.25, -0.2) is 0 Å². The molecule has 0 saturated heterocycles. The average Bonchev–Trinajstić information content (AvgIpc) is 2.84. The number of benzene rings is 2. The van der Waals surface area contributed by atoms with Crippen LogP contribution in [0.4, 0.5) is 0 Å². The number of carbonyl (C=O) groups is 2. The molecule has 3 aromatic rings. The molecule has 3 nitrogen and oxygen atoms in total. The second kappa shape index (κ2) is 5.30. The van der Waals surface area contributed by atoms with Gasteiger partial charge in [0.25, 0.3) is 0 Å². The lowest BCUT2D eigenvalue weighted by Gasteiger charge is -2.00. The molecule has 0 bridgehead atoms. The van der Waals surface area contributed by atoms with Crippen LogP contribution < -0.4 is 0 Å². The van der Waals surface area contributed by atoms with Crippen molar-refractivity contribution in [3.05, 3.63) is 70.3 Å². The summed E-state index contributed by atoms with van der Waals surface area (Å²) in [6.45, 7) is 0. The zero-order valence-electron chi connectivity index (χ0n) is 11.3. The maximum atomic E-state index is 12.5. The van der Waals surface area contributed by atoms with Crippen LogP contribution in [0, 0.1) is 0 Å². The van der Waals surface area contributed by atoms with Gasteiger partial charge in [-0.1, -0.05) is 34.1 Å². The molecule has 3 rings (SSSR count). The number of Topliss-reactive ketones (excluding diaryl/α,β-unsaturated/α-hetero) is 2. The average molecular weight is 342 g/mol. The fraction of sp³-hybridized carbons (Fsp3) is 0.0588. The molecule has 0 fully saturated rings. The van der Waals surface area contributed by atoms with Crippen LogP contribution in [-0.4, -0.2) is 16.1 Å². The monoisotopic (exact) mass is 341 g/mol. The Labute approximate surface area is 130 Å². The third-order valence-corrected chi connectivity index (χ3v) is 3.98. The van der Waals surface area contributed by atoms with Gasteiger partial charge in [0, 0.05) is 34.2 Å². The molecule has 0 aliphatic carbocycles. The number of aryl methyl sites for hydroxylation is 1. The summed E-state index contributed by atoms with van der Waals surface area (Å²) in [6.07, 6.45) is 1.71. The normalized spacial score (nSPS) is 10.8. The van der Waals surface area contributed by atoms with E-state index in [-0.39, 0.29) is 0 Å². The van der Waals surface area contributed by atoms with E-state index in [1.165, 1.54) is 0 Å². The maximum absolute atomic E-state index is 12.5. The highest BCUT2D eigenvalue weighted by Gasteiger charge is 2.22. The number of carbonyl (C=O) groups excluding carboxylic acids is 2. The predicted octanol–water partition coefficient (Wildman–Crippen LogP) is 4.01. The summed E-state index contributed by atoms with van der Waals surface area (Å²) in [5.41, 5.74) is 1.78. The molecule has 0 aliphatic rings. The Morgan fingerprint density at radius 3 is 2.33 bits per heavy atom. The number of ketones is 2. The van der Waals surface area contributed by atoms with Gasteiger partial charge in [-0.15, -0.1) is 0 Å². The van der Waals surface area contributed by atoms with Crippen LogP contribution in [0.3, 0.4) is 0 Å². The molecule has 0 aliphatic heterocycles. The molecular formula is C17H12BrNO2. The van der Waals surface area contributed by atoms with E-state index in [9.17, 15) is 9.59 Å². The third kappa shape index (κ3) is 2.43. The lowest BCUT2D eigenvalue weighted by molar-refractivity contribution is 0.0818. The van der Waals surface area contributed by atoms with Crippen LogP contribution >= 0.6 is 15.9 Å². The van der Waals surface area contributed by atoms with E-state index in [2.05, 4.69) is 15.9 Å². The van der Waals surface area contributed by atoms with Gasteiger partial charge in [0.15, 0.2) is 0 Å². The van der Waals surface area contributed by atoms with Crippen LogP contribution in [-0.2, 0) is 7.05 Å². The number of rotatable bonds is 3. The summed E-state index contributed by atoms with van der Waals surface area (Å²) >= 11 is 3.31. The van der Waals surface area contributed by atoms with Crippen LogP contribution in [0.25, 0.3) is 10.9 Å². The molecule has 4 heteroatoms. The number of fused-ring (bicyclic) bond motifs is 1. The first-order valence-electron chi connectivity index (χ1n) is 6.46. The molecule has 1 heterocycles. The van der Waals surface area contributed by atoms with E-state index in [1.807, 2.05) is 35.9 Å². The number of halogens is 1. The van der Waals surface area contributed by atoms with Crippen molar-refractivity contribution in [2.24, 2.45) is 7.05 Å². The quantitative estimate of drug-likeness (QED) is 0.533. The predicted molar refractivity (Wildman–Crippen MR) is 85.7 cm³/mol. The van der Waals surface area contributed by atoms with Crippen molar-refractivity contribution < 1.29 is 9.59 Å². The number of nitrogens with zero attached hydrogens (tertiary/aromatic N) is 1. The van der Waals surface area contributed by atoms with Crippen molar-refractivity contribution in [2.45, 2.75) is 0 Å². The Kier molecular flexibility index (Phi) is 3.47. The van der Waals surface area contributed by atoms with Crippen molar-refractivity contribution in [2.75, 3.05) is 0 Å². The molecule has 0 radical (unpaired) electrons. The molecule has 0 saturated carbocycles. The molecular weight excluding hydrogens is 330 g/mol. The zero-order chi connectivity index (χ0) is 15.0. The minimum absolute atomic E-state index is 0.399. The van der Waals surface area contributed by atoms with Crippen molar-refractivity contribution in [1.29, 1.82) is 0 Å². The van der Waals surface area contributed by atoms with E-state index >= 15 is 0 Å². The summed E-state index contributed by atoms with van der Waals surface area (Å²) in [6, 6.07) is 14.4. The maximum Gasteiger partial charge on any atom is 0.235 e. The summed E-state index contributed by atoms with van der Waals surface area (Å²) in [5.74, 6) is -0.965. The van der Waals surface area contributed by atoms with Crippen LogP contribution in [0.5, 0.6) is 0 Å². The molecule has 21 heavy (non-hydrogen) atoms. The highest BCUT2D eigenvalue weighted by molar-refractivity contribution is 9.10. The van der Waals surface area contributed by atoms with Gasteiger partial charge in [-0.2, -0.15) is 0 Å². The lowest BCUT2D eigenvalue weighted by atomic mass is 10.0. The number of hydrogen-bond donors (Lipinski definition) is 0. The highest BCUT2D eigenvalue weighted by Crippen LogP contribution is 2.22. The number of para-hydroxylation sites is 1. The van der Waals surface area contributed by atoms with E-state index in [1.54, 1.807) is 30.5 Å². The molecule has 1 aromatic heterocycles. The molecule has 0 spiro atoms. The second-order valence-corrected chi connectivity index (χ2v) is 5.75. The van der Waals surface area contributed by atoms with Gasteiger partial charge in [-0.3, -0.25) is 9.59 Å². The van der Waals surface area contributed by atoms with E-state index in [4.69, 9.17) is 0 Å². The number of hydrogen-bond acceptors (Lipinski definition) is 2. The minimum Gasteiger partial charge on any atom is -0.350 e. The van der Waals surface area contributed by atoms with E-state index in [0.29, 0.717) is 11.1 Å². The van der Waals surface area contributed by atoms with Gasteiger partial charge in [0.2, 0.25) is 11.6 Å². The Morgan fingerprint density at radius 1 is 0.952 bits per heavy atom. The SMILES string of the molecule is Cn1cc(C(=O)C(=O)c2ccc(Br)cc2)c2ccccc21. The summed E-state index contributed by atoms with van der Waals surface area (Å²) < 4.78 is 2.73. The Balaban J connectivity index is 2.04. The molecule has 0 N–H and O–H groups in total.